The van der Waals surface area contributed by atoms with Crippen molar-refractivity contribution >= 4 is 52.2 Å². The molecule has 4 N–H and O–H groups in total. The molecular formula is C27H47N5O5S3. The van der Waals surface area contributed by atoms with Gasteiger partial charge in [-0.15, -0.1) is 0 Å². The molecular weight excluding hydrogens is 571 g/mol. The molecule has 0 aliphatic carbocycles. The van der Waals surface area contributed by atoms with Crippen LogP contribution in [-0.4, -0.2) is 87.5 Å². The Hall–Kier alpha value is -1.80. The van der Waals surface area contributed by atoms with Crippen LogP contribution in [0.1, 0.15) is 58.9 Å². The summed E-state index contributed by atoms with van der Waals surface area (Å²) < 4.78 is 15.4. The third kappa shape index (κ3) is 14.2. The second-order valence-corrected chi connectivity index (χ2v) is 13.5. The molecule has 1 aliphatic rings. The lowest BCUT2D eigenvalue weighted by molar-refractivity contribution is 0.131. The van der Waals surface area contributed by atoms with Crippen LogP contribution in [-0.2, 0) is 6.42 Å². The number of carbonyl (C=O) groups is 3. The van der Waals surface area contributed by atoms with Gasteiger partial charge in [-0.3, -0.25) is 9.59 Å². The number of fused-ring (bicyclic) bond motifs is 1. The van der Waals surface area contributed by atoms with Crippen LogP contribution in [0.15, 0.2) is 18.2 Å². The van der Waals surface area contributed by atoms with E-state index >= 15 is 0 Å². The highest BCUT2D eigenvalue weighted by atomic mass is 32.2. The number of ether oxygens (including phenoxy) is 2. The number of para-hydroxylation sites is 1. The molecule has 0 aromatic heterocycles. The van der Waals surface area contributed by atoms with Crippen LogP contribution in [0, 0.1) is 0 Å². The summed E-state index contributed by atoms with van der Waals surface area (Å²) >= 11 is 3.54. The number of benzene rings is 1. The van der Waals surface area contributed by atoms with Crippen LogP contribution in [0.3, 0.4) is 0 Å². The van der Waals surface area contributed by atoms with Crippen LogP contribution in [0.5, 0.6) is 11.5 Å². The van der Waals surface area contributed by atoms with Crippen molar-refractivity contribution in [3.8, 4) is 11.5 Å². The zero-order valence-corrected chi connectivity index (χ0v) is 27.4. The predicted molar refractivity (Wildman–Crippen MR) is 169 cm³/mol. The molecule has 0 unspecified atom stereocenters. The van der Waals surface area contributed by atoms with Crippen molar-refractivity contribution in [1.82, 2.24) is 13.5 Å². The van der Waals surface area contributed by atoms with Crippen LogP contribution in [0.4, 0.5) is 14.4 Å². The van der Waals surface area contributed by atoms with E-state index in [0.29, 0.717) is 23.0 Å². The summed E-state index contributed by atoms with van der Waals surface area (Å²) in [5.41, 5.74) is 10.8. The minimum Gasteiger partial charge on any atom is -0.483 e. The molecule has 1 aromatic rings. The van der Waals surface area contributed by atoms with Gasteiger partial charge in [-0.1, -0.05) is 62.3 Å². The Kier molecular flexibility index (Phi) is 16.8. The highest BCUT2D eigenvalue weighted by Gasteiger charge is 2.33. The standard InChI is InChI=1S/C20H32N2O3S.C7H15N3O2S2/c1-6-8-13-22(14-9-7-2)26-21(5)19(23)24-17-12-10-11-16-15-20(3,4)25-18(16)17;1-10(2)5(3-13-6(8)11)4-14-7(9)12/h10-12H,6-9,13-15H2,1-5H3;5H,3-4H2,1-2H3,(H2,8,11)(H2,9,12). The SMILES string of the molecule is CCCCN(CCCC)SN(C)C(=O)Oc1cccc2c1OC(C)(C)C2.CN(C)C(CSC(N)=O)CSC(N)=O. The van der Waals surface area contributed by atoms with Gasteiger partial charge in [-0.25, -0.2) is 13.4 Å². The summed E-state index contributed by atoms with van der Waals surface area (Å²) in [7, 11) is 5.52. The molecule has 0 saturated heterocycles. The first kappa shape index (κ1) is 36.2. The fourth-order valence-corrected chi connectivity index (χ4v) is 6.16. The van der Waals surface area contributed by atoms with Crippen molar-refractivity contribution in [2.75, 3.05) is 45.7 Å². The van der Waals surface area contributed by atoms with Gasteiger partial charge >= 0.3 is 6.09 Å². The lowest BCUT2D eigenvalue weighted by Gasteiger charge is -2.25. The molecule has 0 fully saturated rings. The van der Waals surface area contributed by atoms with E-state index in [-0.39, 0.29) is 17.7 Å². The predicted octanol–water partition coefficient (Wildman–Crippen LogP) is 5.84. The molecule has 0 spiro atoms. The number of unbranched alkanes of at least 4 members (excludes halogenated alkanes) is 2. The maximum absolute atomic E-state index is 12.6. The highest BCUT2D eigenvalue weighted by molar-refractivity contribution is 8.14. The second kappa shape index (κ2) is 18.6. The van der Waals surface area contributed by atoms with Crippen molar-refractivity contribution in [3.05, 3.63) is 23.8 Å². The van der Waals surface area contributed by atoms with Crippen molar-refractivity contribution in [2.45, 2.75) is 71.4 Å². The van der Waals surface area contributed by atoms with Gasteiger partial charge in [0.05, 0.1) is 0 Å². The minimum atomic E-state index is -0.402. The monoisotopic (exact) mass is 617 g/mol. The Morgan fingerprint density at radius 2 is 1.55 bits per heavy atom. The van der Waals surface area contributed by atoms with Gasteiger partial charge in [-0.05, 0) is 46.9 Å². The molecule has 3 amide bonds. The smallest absolute Gasteiger partial charge is 0.426 e. The first-order chi connectivity index (χ1) is 18.8. The number of hydrogen-bond acceptors (Lipinski definition) is 10. The van der Waals surface area contributed by atoms with Gasteiger partial charge in [0.25, 0.3) is 10.5 Å². The molecule has 1 aromatic carbocycles. The highest BCUT2D eigenvalue weighted by Crippen LogP contribution is 2.42. The maximum Gasteiger partial charge on any atom is 0.426 e. The van der Waals surface area contributed by atoms with Crippen LogP contribution in [0.2, 0.25) is 0 Å². The summed E-state index contributed by atoms with van der Waals surface area (Å²) in [5.74, 6) is 2.34. The van der Waals surface area contributed by atoms with Crippen molar-refractivity contribution in [2.24, 2.45) is 11.5 Å². The Labute approximate surface area is 252 Å². The van der Waals surface area contributed by atoms with Gasteiger partial charge in [0.2, 0.25) is 0 Å². The third-order valence-electron chi connectivity index (χ3n) is 5.84. The van der Waals surface area contributed by atoms with E-state index in [9.17, 15) is 14.4 Å². The second-order valence-electron chi connectivity index (χ2n) is 10.2. The number of rotatable bonds is 14. The Bertz CT molecular complexity index is 925. The number of primary amides is 2. The van der Waals surface area contributed by atoms with Crippen molar-refractivity contribution in [1.29, 1.82) is 0 Å². The van der Waals surface area contributed by atoms with Gasteiger partial charge in [0.1, 0.15) is 5.60 Å². The average Bonchev–Trinajstić information content (AvgIpc) is 3.20. The third-order valence-corrected chi connectivity index (χ3v) is 8.50. The molecule has 2 rings (SSSR count). The molecule has 1 aliphatic heterocycles. The van der Waals surface area contributed by atoms with E-state index in [2.05, 4.69) is 18.2 Å². The summed E-state index contributed by atoms with van der Waals surface area (Å²) in [5, 5.41) is -0.804. The van der Waals surface area contributed by atoms with Crippen LogP contribution < -0.4 is 20.9 Å². The number of thioether (sulfide) groups is 2. The summed E-state index contributed by atoms with van der Waals surface area (Å²) in [6, 6.07) is 5.85. The van der Waals surface area contributed by atoms with E-state index in [4.69, 9.17) is 20.9 Å². The van der Waals surface area contributed by atoms with Gasteiger partial charge < -0.3 is 25.8 Å². The number of nitrogens with two attached hydrogens (primary N) is 2. The van der Waals surface area contributed by atoms with E-state index < -0.39 is 10.5 Å². The molecule has 13 heteroatoms. The van der Waals surface area contributed by atoms with E-state index in [0.717, 1.165) is 74.3 Å². The fourth-order valence-electron chi connectivity index (χ4n) is 3.60. The van der Waals surface area contributed by atoms with E-state index in [1.54, 1.807) is 17.4 Å². The lowest BCUT2D eigenvalue weighted by Crippen LogP contribution is -2.34. The van der Waals surface area contributed by atoms with Crippen molar-refractivity contribution in [3.63, 3.8) is 0 Å². The molecule has 40 heavy (non-hydrogen) atoms. The number of amides is 3. The van der Waals surface area contributed by atoms with Crippen LogP contribution in [0.25, 0.3) is 0 Å². The first-order valence-corrected chi connectivity index (χ1v) is 16.2. The first-order valence-electron chi connectivity index (χ1n) is 13.5. The van der Waals surface area contributed by atoms with E-state index in [1.165, 1.54) is 12.1 Å². The van der Waals surface area contributed by atoms with Gasteiger partial charge in [0.15, 0.2) is 11.5 Å². The molecule has 10 nitrogen and oxygen atoms in total. The molecule has 0 atom stereocenters. The quantitative estimate of drug-likeness (QED) is 0.246. The molecule has 0 bridgehead atoms. The molecule has 228 valence electrons. The summed E-state index contributed by atoms with van der Waals surface area (Å²) in [4.78, 5) is 35.6. The minimum absolute atomic E-state index is 0.116. The maximum atomic E-state index is 12.6. The Balaban J connectivity index is 0.000000486. The summed E-state index contributed by atoms with van der Waals surface area (Å²) in [6.45, 7) is 10.4. The van der Waals surface area contributed by atoms with Crippen LogP contribution >= 0.6 is 35.7 Å². The fraction of sp³-hybridized carbons (Fsp3) is 0.667. The Morgan fingerprint density at radius 1 is 1.00 bits per heavy atom. The Morgan fingerprint density at radius 3 is 2.02 bits per heavy atom. The largest absolute Gasteiger partial charge is 0.483 e. The van der Waals surface area contributed by atoms with Crippen molar-refractivity contribution < 1.29 is 23.9 Å². The van der Waals surface area contributed by atoms with Gasteiger partial charge in [-0.2, -0.15) is 0 Å². The molecule has 0 saturated carbocycles. The van der Waals surface area contributed by atoms with E-state index in [1.807, 2.05) is 45.0 Å². The topological polar surface area (TPSA) is 131 Å². The van der Waals surface area contributed by atoms with Gasteiger partial charge in [0, 0.05) is 61.8 Å². The number of carbonyl (C=O) groups excluding carboxylic acids is 3. The number of nitrogens with zero attached hydrogens (tertiary/aromatic N) is 3. The normalized spacial score (nSPS) is 13.4. The summed E-state index contributed by atoms with van der Waals surface area (Å²) in [6.07, 6.45) is 4.96. The zero-order valence-electron chi connectivity index (χ0n) is 24.9. The lowest BCUT2D eigenvalue weighted by atomic mass is 10.0. The molecule has 0 radical (unpaired) electrons. The zero-order chi connectivity index (χ0) is 30.3. The average molecular weight is 618 g/mol. The number of hydrogen-bond donors (Lipinski definition) is 2. The molecule has 1 heterocycles.